The van der Waals surface area contributed by atoms with Gasteiger partial charge in [-0.25, -0.2) is 4.39 Å². The van der Waals surface area contributed by atoms with Crippen molar-refractivity contribution in [3.05, 3.63) is 11.9 Å². The Morgan fingerprint density at radius 3 is 2.53 bits per heavy atom. The summed E-state index contributed by atoms with van der Waals surface area (Å²) >= 11 is 0. The molecule has 0 aromatic carbocycles. The number of hydrogen-bond acceptors (Lipinski definition) is 3. The minimum atomic E-state index is -4.26. The average molecular weight is 268 g/mol. The molecule has 100 valence electrons. The van der Waals surface area contributed by atoms with Crippen LogP contribution in [0.5, 0.6) is 0 Å². The maximum atomic E-state index is 13.7. The fourth-order valence-electron chi connectivity index (χ4n) is 1.67. The lowest BCUT2D eigenvalue weighted by atomic mass is 10.1. The minimum Gasteiger partial charge on any atom is -0.369 e. The SMILES string of the molecule is CC(C)O[C@H]1[C@@H](F)[C@H](C)O[C@@H]1/C=C/P(=O)(O)O. The van der Waals surface area contributed by atoms with Gasteiger partial charge in [0.2, 0.25) is 0 Å². The number of ether oxygens (including phenoxy) is 2. The molecule has 0 aliphatic carbocycles. The van der Waals surface area contributed by atoms with E-state index in [1.807, 2.05) is 0 Å². The zero-order valence-electron chi connectivity index (χ0n) is 9.99. The Morgan fingerprint density at radius 2 is 2.06 bits per heavy atom. The molecule has 1 aliphatic heterocycles. The molecule has 0 aromatic heterocycles. The van der Waals surface area contributed by atoms with Crippen molar-refractivity contribution in [1.82, 2.24) is 0 Å². The predicted molar refractivity (Wildman–Crippen MR) is 60.4 cm³/mol. The largest absolute Gasteiger partial charge is 0.369 e. The van der Waals surface area contributed by atoms with Crippen molar-refractivity contribution in [2.45, 2.75) is 51.4 Å². The van der Waals surface area contributed by atoms with E-state index < -0.39 is 32.1 Å². The van der Waals surface area contributed by atoms with Crippen LogP contribution in [0.1, 0.15) is 20.8 Å². The van der Waals surface area contributed by atoms with Gasteiger partial charge < -0.3 is 19.3 Å². The van der Waals surface area contributed by atoms with Crippen molar-refractivity contribution in [3.63, 3.8) is 0 Å². The third kappa shape index (κ3) is 4.48. The van der Waals surface area contributed by atoms with Crippen LogP contribution in [0.4, 0.5) is 4.39 Å². The van der Waals surface area contributed by atoms with Gasteiger partial charge in [0, 0.05) is 5.82 Å². The fourth-order valence-corrected chi connectivity index (χ4v) is 2.06. The van der Waals surface area contributed by atoms with E-state index in [2.05, 4.69) is 0 Å². The lowest BCUT2D eigenvalue weighted by molar-refractivity contribution is -0.0387. The van der Waals surface area contributed by atoms with E-state index in [0.717, 1.165) is 5.82 Å². The van der Waals surface area contributed by atoms with Crippen molar-refractivity contribution in [3.8, 4) is 0 Å². The summed E-state index contributed by atoms with van der Waals surface area (Å²) in [7, 11) is -4.26. The molecule has 4 atom stereocenters. The summed E-state index contributed by atoms with van der Waals surface area (Å²) in [6.07, 6.45) is -2.56. The highest BCUT2D eigenvalue weighted by atomic mass is 31.2. The van der Waals surface area contributed by atoms with E-state index in [1.54, 1.807) is 20.8 Å². The molecule has 1 saturated heterocycles. The summed E-state index contributed by atoms with van der Waals surface area (Å²) < 4.78 is 35.1. The normalized spacial score (nSPS) is 35.0. The first-order valence-corrected chi connectivity index (χ1v) is 7.08. The average Bonchev–Trinajstić information content (AvgIpc) is 2.41. The van der Waals surface area contributed by atoms with Crippen LogP contribution < -0.4 is 0 Å². The standard InChI is InChI=1S/C10H18FO5P/c1-6(2)15-10-8(4-5-17(12,13)14)16-7(3)9(10)11/h4-10H,1-3H3,(H2,12,13,14)/b5-4+/t7-,8+,9-,10+/m0/s1. The van der Waals surface area contributed by atoms with Crippen molar-refractivity contribution in [2.75, 3.05) is 0 Å². The van der Waals surface area contributed by atoms with Crippen LogP contribution in [0.2, 0.25) is 0 Å². The number of halogens is 1. The molecule has 17 heavy (non-hydrogen) atoms. The van der Waals surface area contributed by atoms with Crippen LogP contribution in [0.3, 0.4) is 0 Å². The molecule has 0 amide bonds. The van der Waals surface area contributed by atoms with Gasteiger partial charge in [-0.3, -0.25) is 4.57 Å². The van der Waals surface area contributed by atoms with Gasteiger partial charge in [-0.2, -0.15) is 0 Å². The highest BCUT2D eigenvalue weighted by Crippen LogP contribution is 2.38. The second-order valence-corrected chi connectivity index (χ2v) is 5.81. The highest BCUT2D eigenvalue weighted by Gasteiger charge is 2.43. The van der Waals surface area contributed by atoms with Crippen molar-refractivity contribution in [2.24, 2.45) is 0 Å². The molecule has 0 unspecified atom stereocenters. The fraction of sp³-hybridized carbons (Fsp3) is 0.800. The molecule has 0 bridgehead atoms. The van der Waals surface area contributed by atoms with Gasteiger partial charge in [0.15, 0.2) is 6.17 Å². The molecule has 7 heteroatoms. The lowest BCUT2D eigenvalue weighted by Crippen LogP contribution is -2.33. The van der Waals surface area contributed by atoms with E-state index in [0.29, 0.717) is 0 Å². The Hall–Kier alpha value is -0.260. The number of rotatable bonds is 4. The van der Waals surface area contributed by atoms with Crippen LogP contribution in [-0.4, -0.2) is 40.4 Å². The summed E-state index contributed by atoms with van der Waals surface area (Å²) in [5.41, 5.74) is 0. The Bertz CT molecular complexity index is 327. The maximum absolute atomic E-state index is 13.7. The third-order valence-corrected chi connectivity index (χ3v) is 2.92. The smallest absolute Gasteiger partial charge is 0.348 e. The summed E-state index contributed by atoms with van der Waals surface area (Å²) in [6.45, 7) is 5.09. The van der Waals surface area contributed by atoms with Crippen molar-refractivity contribution >= 4 is 7.60 Å². The molecular formula is C10H18FO5P. The molecule has 1 aliphatic rings. The van der Waals surface area contributed by atoms with Crippen molar-refractivity contribution < 1.29 is 28.2 Å². The van der Waals surface area contributed by atoms with Crippen LogP contribution in [0.15, 0.2) is 11.9 Å². The third-order valence-electron chi connectivity index (χ3n) is 2.36. The topological polar surface area (TPSA) is 76.0 Å². The quantitative estimate of drug-likeness (QED) is 0.757. The molecule has 0 radical (unpaired) electrons. The molecule has 0 aromatic rings. The van der Waals surface area contributed by atoms with Gasteiger partial charge >= 0.3 is 7.60 Å². The van der Waals surface area contributed by atoms with Gasteiger partial charge in [-0.15, -0.1) is 0 Å². The molecule has 5 nitrogen and oxygen atoms in total. The molecule has 0 spiro atoms. The Labute approximate surface area is 99.8 Å². The van der Waals surface area contributed by atoms with Gasteiger partial charge in [0.25, 0.3) is 0 Å². The van der Waals surface area contributed by atoms with E-state index >= 15 is 0 Å². The molecule has 2 N–H and O–H groups in total. The second kappa shape index (κ2) is 5.59. The second-order valence-electron chi connectivity index (χ2n) is 4.33. The lowest BCUT2D eigenvalue weighted by Gasteiger charge is -2.20. The first-order valence-electron chi connectivity index (χ1n) is 5.40. The molecule has 1 rings (SSSR count). The van der Waals surface area contributed by atoms with Gasteiger partial charge in [-0.1, -0.05) is 0 Å². The highest BCUT2D eigenvalue weighted by molar-refractivity contribution is 7.55. The van der Waals surface area contributed by atoms with Crippen LogP contribution in [0.25, 0.3) is 0 Å². The van der Waals surface area contributed by atoms with Crippen LogP contribution in [0, 0.1) is 0 Å². The first kappa shape index (κ1) is 14.8. The Balaban J connectivity index is 2.76. The molecule has 0 saturated carbocycles. The summed E-state index contributed by atoms with van der Waals surface area (Å²) in [5, 5.41) is 0. The first-order chi connectivity index (χ1) is 7.70. The van der Waals surface area contributed by atoms with E-state index in [4.69, 9.17) is 19.3 Å². The van der Waals surface area contributed by atoms with Gasteiger partial charge in [0.05, 0.1) is 12.2 Å². The van der Waals surface area contributed by atoms with Crippen LogP contribution in [-0.2, 0) is 14.0 Å². The number of hydrogen-bond donors (Lipinski definition) is 2. The van der Waals surface area contributed by atoms with Gasteiger partial charge in [-0.05, 0) is 26.8 Å². The number of alkyl halides is 1. The van der Waals surface area contributed by atoms with Crippen molar-refractivity contribution in [1.29, 1.82) is 0 Å². The zero-order valence-corrected chi connectivity index (χ0v) is 10.9. The van der Waals surface area contributed by atoms with Crippen LogP contribution >= 0.6 is 7.60 Å². The summed E-state index contributed by atoms with van der Waals surface area (Å²) in [5.74, 6) is 0.721. The maximum Gasteiger partial charge on any atom is 0.348 e. The predicted octanol–water partition coefficient (Wildman–Crippen LogP) is 1.60. The zero-order chi connectivity index (χ0) is 13.2. The van der Waals surface area contributed by atoms with E-state index in [1.165, 1.54) is 6.08 Å². The summed E-state index contributed by atoms with van der Waals surface area (Å²) in [6, 6.07) is 0. The Kier molecular flexibility index (Phi) is 4.86. The van der Waals surface area contributed by atoms with E-state index in [-0.39, 0.29) is 6.10 Å². The minimum absolute atomic E-state index is 0.182. The Morgan fingerprint density at radius 1 is 1.47 bits per heavy atom. The monoisotopic (exact) mass is 268 g/mol. The van der Waals surface area contributed by atoms with Gasteiger partial charge in [0.1, 0.15) is 12.2 Å². The molecule has 1 heterocycles. The molecule has 1 fully saturated rings. The molecular weight excluding hydrogens is 250 g/mol. The summed E-state index contributed by atoms with van der Waals surface area (Å²) in [4.78, 5) is 17.4. The van der Waals surface area contributed by atoms with E-state index in [9.17, 15) is 8.96 Å².